The maximum atomic E-state index is 12.0. The molecule has 0 unspecified atom stereocenters. The Balaban J connectivity index is 5.17. The van der Waals surface area contributed by atoms with E-state index in [-0.39, 0.29) is 0 Å². The van der Waals surface area contributed by atoms with Gasteiger partial charge >= 0.3 is 93.2 Å². The van der Waals surface area contributed by atoms with Crippen molar-refractivity contribution in [3.8, 4) is 0 Å². The van der Waals surface area contributed by atoms with Crippen LogP contribution in [0.1, 0.15) is 6.42 Å². The Bertz CT molecular complexity index is 952. The summed E-state index contributed by atoms with van der Waals surface area (Å²) in [6.07, 6.45) is -1.07. The van der Waals surface area contributed by atoms with Crippen molar-refractivity contribution in [2.24, 2.45) is 0 Å². The van der Waals surface area contributed by atoms with Crippen molar-refractivity contribution in [2.45, 2.75) is 35.5 Å². The monoisotopic (exact) mass is 279 g/mol. The Hall–Kier alpha value is -1.26. The zero-order chi connectivity index (χ0) is 13.9. The minimum atomic E-state index is -6.56. The molecule has 0 atom stereocenters. The Morgan fingerprint density at radius 3 is 1.59 bits per heavy atom. The van der Waals surface area contributed by atoms with E-state index in [0.29, 0.717) is 10.9 Å². The van der Waals surface area contributed by atoms with Gasteiger partial charge in [-0.3, -0.25) is 0 Å². The predicted octanol–water partition coefficient (Wildman–Crippen LogP) is 3.10. The maximum absolute atomic E-state index is 12.0. The first-order valence-electron chi connectivity index (χ1n) is 4.98. The van der Waals surface area contributed by atoms with Crippen molar-refractivity contribution < 1.29 is 20.6 Å². The first-order chi connectivity index (χ1) is 7.00. The van der Waals surface area contributed by atoms with E-state index in [9.17, 15) is 14.4 Å². The van der Waals surface area contributed by atoms with E-state index in [0.717, 1.165) is 0 Å². The second kappa shape index (κ2) is 1.39. The molecule has 0 radical (unpaired) electrons. The molecule has 3 nitrogen and oxygen atoms in total. The van der Waals surface area contributed by atoms with E-state index in [4.69, 9.17) is 0 Å². The first kappa shape index (κ1) is 13.8. The number of carbonyl (C=O) groups excluding carboxylic acids is 3. The summed E-state index contributed by atoms with van der Waals surface area (Å²) in [4.78, 5) is 41.7. The normalized spacial score (nSPS) is 27.4. The van der Waals surface area contributed by atoms with Gasteiger partial charge in [0.2, 0.25) is 0 Å². The molecule has 0 amide bonds. The second-order valence-electron chi connectivity index (χ2n) is 9.60. The van der Waals surface area contributed by atoms with Crippen molar-refractivity contribution in [3.63, 3.8) is 0 Å². The van der Waals surface area contributed by atoms with Gasteiger partial charge in [-0.2, -0.15) is 0 Å². The van der Waals surface area contributed by atoms with Gasteiger partial charge in [0.1, 0.15) is 0 Å². The molecule has 1 aliphatic rings. The average molecular weight is 279 g/mol. The SMILES string of the molecule is [CH3][Mn]([CH3])([CH3])([CH3])([CH3])(=[C]=O)(=[C]=O)(=[C]=O)[C]1=CC=CC1. The summed E-state index contributed by atoms with van der Waals surface area (Å²) in [5.41, 5.74) is 0. The molecule has 0 aromatic heterocycles. The van der Waals surface area contributed by atoms with Gasteiger partial charge < -0.3 is 0 Å². The third-order valence-electron chi connectivity index (χ3n) is 3.81. The molecule has 4 heteroatoms. The molecular formula is C13H20MnO3. The van der Waals surface area contributed by atoms with Crippen LogP contribution < -0.4 is 0 Å². The van der Waals surface area contributed by atoms with Crippen molar-refractivity contribution >= 4 is 14.4 Å². The van der Waals surface area contributed by atoms with Gasteiger partial charge in [-0.05, 0) is 0 Å². The average Bonchev–Trinajstić information content (AvgIpc) is 2.75. The molecule has 17 heavy (non-hydrogen) atoms. The first-order valence-corrected chi connectivity index (χ1v) is 13.2. The standard InChI is InChI=1S/C5H5.3CO.5CH3.Mn/c1-2-4-5-3-1;3*1-2;;;;;;/h1-3H,4H2;;;;5*1H3;. The van der Waals surface area contributed by atoms with Gasteiger partial charge in [-0.25, -0.2) is 0 Å². The van der Waals surface area contributed by atoms with Crippen LogP contribution in [0.25, 0.3) is 0 Å². The third kappa shape index (κ3) is 1.14. The number of rotatable bonds is 1. The summed E-state index contributed by atoms with van der Waals surface area (Å²) in [6.45, 7) is 0. The Labute approximate surface area is 93.4 Å². The van der Waals surface area contributed by atoms with Crippen LogP contribution in [0, 0.1) is 0 Å². The fourth-order valence-electron chi connectivity index (χ4n) is 1.53. The van der Waals surface area contributed by atoms with Crippen LogP contribution in [0.15, 0.2) is 22.7 Å². The second-order valence-corrected chi connectivity index (χ2v) is 36.5. The molecule has 0 bridgehead atoms. The zero-order valence-corrected chi connectivity index (χ0v) is 12.2. The van der Waals surface area contributed by atoms with E-state index in [1.807, 2.05) is 14.4 Å². The van der Waals surface area contributed by atoms with Crippen LogP contribution in [0.3, 0.4) is 0 Å². The fourth-order valence-corrected chi connectivity index (χ4v) is 5.24. The molecule has 0 spiro atoms. The van der Waals surface area contributed by atoms with Gasteiger partial charge in [0.25, 0.3) is 0 Å². The van der Waals surface area contributed by atoms with Gasteiger partial charge in [0, 0.05) is 0 Å². The minimum absolute atomic E-state index is 0.351. The van der Waals surface area contributed by atoms with Crippen LogP contribution in [0.4, 0.5) is 0 Å². The zero-order valence-electron chi connectivity index (χ0n) is 11.0. The molecule has 1 aliphatic carbocycles. The molecule has 1 rings (SSSR count). The van der Waals surface area contributed by atoms with Crippen molar-refractivity contribution in [1.29, 1.82) is 0 Å². The summed E-state index contributed by atoms with van der Waals surface area (Å²) in [6, 6.07) is 0. The Morgan fingerprint density at radius 2 is 1.35 bits per heavy atom. The predicted molar refractivity (Wildman–Crippen MR) is 68.2 cm³/mol. The molecule has 0 heterocycles. The van der Waals surface area contributed by atoms with Crippen LogP contribution in [-0.4, -0.2) is 14.4 Å². The van der Waals surface area contributed by atoms with E-state index in [2.05, 4.69) is 0 Å². The summed E-state index contributed by atoms with van der Waals surface area (Å²) in [7, 11) is 0. The number of hydrogen-bond donors (Lipinski definition) is 0. The van der Waals surface area contributed by atoms with Crippen molar-refractivity contribution in [2.75, 3.05) is 0 Å². The molecule has 0 N–H and O–H groups in total. The van der Waals surface area contributed by atoms with Gasteiger partial charge in [0.05, 0.1) is 0 Å². The topological polar surface area (TPSA) is 51.2 Å². The molecule has 0 aromatic rings. The summed E-state index contributed by atoms with van der Waals surface area (Å²) >= 11 is 0. The van der Waals surface area contributed by atoms with Gasteiger partial charge in [-0.1, -0.05) is 0 Å². The van der Waals surface area contributed by atoms with E-state index in [1.165, 1.54) is 29.1 Å². The fraction of sp³-hybridized carbons (Fsp3) is 0.462. The van der Waals surface area contributed by atoms with E-state index < -0.39 is 6.25 Å². The van der Waals surface area contributed by atoms with Crippen LogP contribution in [0.5, 0.6) is 0 Å². The molecular weight excluding hydrogens is 259 g/mol. The van der Waals surface area contributed by atoms with Crippen LogP contribution >= 0.6 is 0 Å². The molecule has 0 aliphatic heterocycles. The van der Waals surface area contributed by atoms with Crippen LogP contribution in [0.2, 0.25) is 29.1 Å². The van der Waals surface area contributed by atoms with Gasteiger partial charge in [-0.15, -0.1) is 0 Å². The molecule has 0 fully saturated rings. The third-order valence-corrected chi connectivity index (χ3v) is 13.9. The quantitative estimate of drug-likeness (QED) is 0.693. The Kier molecular flexibility index (Phi) is 1.13. The number of hydrogen-bond acceptors (Lipinski definition) is 3. The van der Waals surface area contributed by atoms with Gasteiger partial charge in [0.15, 0.2) is 0 Å². The summed E-state index contributed by atoms with van der Waals surface area (Å²) in [5, 5.41) is 0. The van der Waals surface area contributed by atoms with Crippen molar-refractivity contribution in [1.82, 2.24) is 0 Å². The Morgan fingerprint density at radius 1 is 0.941 bits per heavy atom. The van der Waals surface area contributed by atoms with Crippen molar-refractivity contribution in [3.05, 3.63) is 22.7 Å². The molecule has 0 aromatic carbocycles. The summed E-state index contributed by atoms with van der Waals surface area (Å²) < 4.78 is 0.428. The van der Waals surface area contributed by atoms with E-state index >= 15 is 0 Å². The van der Waals surface area contributed by atoms with Crippen LogP contribution in [-0.2, 0) is 20.6 Å². The molecule has 0 saturated heterocycles. The number of allylic oxidation sites excluding steroid dienone is 4. The molecule has 0 saturated carbocycles. The molecule has 97 valence electrons. The summed E-state index contributed by atoms with van der Waals surface area (Å²) in [5.74, 6) is 6.94. The van der Waals surface area contributed by atoms with E-state index in [1.54, 1.807) is 18.2 Å².